The number of fused-ring (bicyclic) bond motifs is 1. The molecule has 7 heteroatoms. The molecule has 1 aromatic heterocycles. The average molecular weight is 316 g/mol. The molecule has 0 unspecified atom stereocenters. The van der Waals surface area contributed by atoms with E-state index in [1.54, 1.807) is 24.3 Å². The normalized spacial score (nSPS) is 10.8. The highest BCUT2D eigenvalue weighted by Crippen LogP contribution is 2.17. The number of alkyl halides is 1. The molecular weight excluding hydrogens is 306 g/mol. The third-order valence-corrected chi connectivity index (χ3v) is 3.52. The number of rotatable bonds is 3. The first-order chi connectivity index (χ1) is 10.6. The van der Waals surface area contributed by atoms with E-state index in [-0.39, 0.29) is 17.1 Å². The minimum atomic E-state index is -0.492. The summed E-state index contributed by atoms with van der Waals surface area (Å²) >= 11 is 5.91. The molecule has 0 aliphatic carbocycles. The number of benzene rings is 2. The third-order valence-electron chi connectivity index (χ3n) is 3.28. The van der Waals surface area contributed by atoms with Gasteiger partial charge in [-0.2, -0.15) is 0 Å². The summed E-state index contributed by atoms with van der Waals surface area (Å²) in [6.07, 6.45) is 0. The maximum absolute atomic E-state index is 12.7. The van der Waals surface area contributed by atoms with E-state index in [2.05, 4.69) is 4.98 Å². The molecule has 6 nitrogen and oxygen atoms in total. The molecule has 0 spiro atoms. The van der Waals surface area contributed by atoms with E-state index in [0.717, 1.165) is 0 Å². The van der Waals surface area contributed by atoms with Crippen molar-refractivity contribution in [3.63, 3.8) is 0 Å². The molecule has 1 heterocycles. The largest absolute Gasteiger partial charge is 0.269 e. The predicted octanol–water partition coefficient (Wildman–Crippen LogP) is 3.03. The Morgan fingerprint density at radius 3 is 2.45 bits per heavy atom. The lowest BCUT2D eigenvalue weighted by molar-refractivity contribution is -0.384. The number of halogens is 1. The van der Waals surface area contributed by atoms with Crippen LogP contribution < -0.4 is 5.56 Å². The van der Waals surface area contributed by atoms with Crippen LogP contribution in [0.25, 0.3) is 16.6 Å². The molecule has 0 fully saturated rings. The van der Waals surface area contributed by atoms with E-state index in [0.29, 0.717) is 22.4 Å². The quantitative estimate of drug-likeness (QED) is 0.423. The maximum atomic E-state index is 12.7. The van der Waals surface area contributed by atoms with Crippen molar-refractivity contribution in [2.75, 3.05) is 0 Å². The third kappa shape index (κ3) is 2.33. The summed E-state index contributed by atoms with van der Waals surface area (Å²) in [5.74, 6) is 0.441. The minimum Gasteiger partial charge on any atom is -0.268 e. The molecule has 22 heavy (non-hydrogen) atoms. The van der Waals surface area contributed by atoms with Gasteiger partial charge in [0, 0.05) is 12.1 Å². The van der Waals surface area contributed by atoms with Gasteiger partial charge in [-0.05, 0) is 24.3 Å². The van der Waals surface area contributed by atoms with Gasteiger partial charge >= 0.3 is 0 Å². The van der Waals surface area contributed by atoms with Crippen molar-refractivity contribution in [2.24, 2.45) is 0 Å². The molecule has 0 saturated heterocycles. The Kier molecular flexibility index (Phi) is 3.60. The number of para-hydroxylation sites is 1. The predicted molar refractivity (Wildman–Crippen MR) is 83.6 cm³/mol. The summed E-state index contributed by atoms with van der Waals surface area (Å²) in [6, 6.07) is 12.7. The van der Waals surface area contributed by atoms with Crippen LogP contribution in [-0.2, 0) is 5.88 Å². The van der Waals surface area contributed by atoms with Crippen LogP contribution in [0, 0.1) is 10.1 Å². The lowest BCUT2D eigenvalue weighted by Gasteiger charge is -2.11. The Balaban J connectivity index is 2.27. The van der Waals surface area contributed by atoms with Crippen LogP contribution in [0.3, 0.4) is 0 Å². The minimum absolute atomic E-state index is 0.0435. The second-order valence-corrected chi connectivity index (χ2v) is 4.86. The molecule has 3 aromatic rings. The number of non-ortho nitro benzene ring substituents is 1. The van der Waals surface area contributed by atoms with Crippen LogP contribution in [0.4, 0.5) is 5.69 Å². The molecule has 110 valence electrons. The number of aromatic nitrogens is 2. The first-order valence-electron chi connectivity index (χ1n) is 6.43. The maximum Gasteiger partial charge on any atom is 0.269 e. The zero-order chi connectivity index (χ0) is 15.7. The van der Waals surface area contributed by atoms with Gasteiger partial charge in [0.1, 0.15) is 5.82 Å². The lowest BCUT2D eigenvalue weighted by Crippen LogP contribution is -2.23. The Labute approximate surface area is 129 Å². The Morgan fingerprint density at radius 1 is 1.14 bits per heavy atom. The van der Waals surface area contributed by atoms with E-state index in [4.69, 9.17) is 11.6 Å². The van der Waals surface area contributed by atoms with Crippen LogP contribution >= 0.6 is 11.6 Å². The van der Waals surface area contributed by atoms with E-state index in [9.17, 15) is 14.9 Å². The highest BCUT2D eigenvalue weighted by atomic mass is 35.5. The standard InChI is InChI=1S/C15H10ClN3O3/c16-9-14-17-13-4-2-1-3-12(13)15(20)18(14)10-5-7-11(8-6-10)19(21)22/h1-8H,9H2. The van der Waals surface area contributed by atoms with Crippen molar-refractivity contribution < 1.29 is 4.92 Å². The fourth-order valence-corrected chi connectivity index (χ4v) is 2.44. The van der Waals surface area contributed by atoms with Crippen LogP contribution in [0.1, 0.15) is 5.82 Å². The van der Waals surface area contributed by atoms with Gasteiger partial charge in [-0.1, -0.05) is 12.1 Å². The fraction of sp³-hybridized carbons (Fsp3) is 0.0667. The van der Waals surface area contributed by atoms with Gasteiger partial charge in [-0.15, -0.1) is 11.6 Å². The first kappa shape index (κ1) is 14.2. The summed E-state index contributed by atoms with van der Waals surface area (Å²) in [4.78, 5) is 27.3. The number of nitro benzene ring substituents is 1. The molecular formula is C15H10ClN3O3. The molecule has 3 rings (SSSR count). The first-order valence-corrected chi connectivity index (χ1v) is 6.96. The van der Waals surface area contributed by atoms with Crippen LogP contribution in [0.15, 0.2) is 53.3 Å². The topological polar surface area (TPSA) is 78.0 Å². The fourth-order valence-electron chi connectivity index (χ4n) is 2.26. The molecule has 0 bridgehead atoms. The van der Waals surface area contributed by atoms with Gasteiger partial charge in [0.2, 0.25) is 0 Å². The summed E-state index contributed by atoms with van der Waals surface area (Å²) in [7, 11) is 0. The van der Waals surface area contributed by atoms with Gasteiger partial charge in [0.25, 0.3) is 11.2 Å². The van der Waals surface area contributed by atoms with Gasteiger partial charge in [-0.25, -0.2) is 4.98 Å². The van der Waals surface area contributed by atoms with Crippen molar-refractivity contribution in [3.8, 4) is 5.69 Å². The molecule has 0 radical (unpaired) electrons. The summed E-state index contributed by atoms with van der Waals surface area (Å²) in [5.41, 5.74) is 0.763. The zero-order valence-corrected chi connectivity index (χ0v) is 12.0. The molecule has 2 aromatic carbocycles. The summed E-state index contributed by atoms with van der Waals surface area (Å²) in [6.45, 7) is 0. The number of nitro groups is 1. The van der Waals surface area contributed by atoms with Crippen molar-refractivity contribution in [3.05, 3.63) is 74.8 Å². The molecule has 0 saturated carbocycles. The van der Waals surface area contributed by atoms with E-state index < -0.39 is 4.92 Å². The molecule has 0 amide bonds. The van der Waals surface area contributed by atoms with Gasteiger partial charge in [0.05, 0.1) is 27.4 Å². The molecule has 0 N–H and O–H groups in total. The molecule has 0 atom stereocenters. The highest BCUT2D eigenvalue weighted by Gasteiger charge is 2.13. The van der Waals surface area contributed by atoms with Crippen LogP contribution in [0.5, 0.6) is 0 Å². The SMILES string of the molecule is O=c1c2ccccc2nc(CCl)n1-c1ccc([N+](=O)[O-])cc1. The van der Waals surface area contributed by atoms with Gasteiger partial charge in [-0.3, -0.25) is 19.5 Å². The highest BCUT2D eigenvalue weighted by molar-refractivity contribution is 6.16. The Bertz CT molecular complexity index is 919. The number of hydrogen-bond donors (Lipinski definition) is 0. The average Bonchev–Trinajstić information content (AvgIpc) is 2.55. The lowest BCUT2D eigenvalue weighted by atomic mass is 10.2. The zero-order valence-electron chi connectivity index (χ0n) is 11.3. The molecule has 0 aliphatic heterocycles. The Morgan fingerprint density at radius 2 is 1.82 bits per heavy atom. The Hall–Kier alpha value is -2.73. The van der Waals surface area contributed by atoms with E-state index >= 15 is 0 Å². The van der Waals surface area contributed by atoms with Crippen molar-refractivity contribution in [1.29, 1.82) is 0 Å². The second-order valence-electron chi connectivity index (χ2n) is 4.59. The smallest absolute Gasteiger partial charge is 0.268 e. The van der Waals surface area contributed by atoms with E-state index in [1.165, 1.54) is 28.8 Å². The van der Waals surface area contributed by atoms with Gasteiger partial charge in [0.15, 0.2) is 0 Å². The number of nitrogens with zero attached hydrogens (tertiary/aromatic N) is 3. The second kappa shape index (κ2) is 5.57. The molecule has 0 aliphatic rings. The van der Waals surface area contributed by atoms with Crippen LogP contribution in [-0.4, -0.2) is 14.5 Å². The summed E-state index contributed by atoms with van der Waals surface area (Å²) in [5, 5.41) is 11.2. The van der Waals surface area contributed by atoms with Crippen LogP contribution in [0.2, 0.25) is 0 Å². The van der Waals surface area contributed by atoms with Gasteiger partial charge < -0.3 is 0 Å². The van der Waals surface area contributed by atoms with Crippen molar-refractivity contribution >= 4 is 28.2 Å². The monoisotopic (exact) mass is 315 g/mol. The summed E-state index contributed by atoms with van der Waals surface area (Å²) < 4.78 is 1.37. The van der Waals surface area contributed by atoms with Crippen molar-refractivity contribution in [1.82, 2.24) is 9.55 Å². The number of hydrogen-bond acceptors (Lipinski definition) is 4. The van der Waals surface area contributed by atoms with Crippen molar-refractivity contribution in [2.45, 2.75) is 5.88 Å². The van der Waals surface area contributed by atoms with E-state index in [1.807, 2.05) is 0 Å².